The van der Waals surface area contributed by atoms with Crippen molar-refractivity contribution in [1.82, 2.24) is 36.8 Å². The minimum absolute atomic E-state index is 0.00327. The van der Waals surface area contributed by atoms with Crippen LogP contribution in [0.5, 0.6) is 0 Å². The molecule has 65 heavy (non-hydrogen) atoms. The van der Waals surface area contributed by atoms with Gasteiger partial charge in [0, 0.05) is 19.9 Å². The van der Waals surface area contributed by atoms with Crippen molar-refractivity contribution in [2.24, 2.45) is 23.5 Å². The first kappa shape index (κ1) is 59.0. The molecular formula is C40H68N8O17. The number of amides is 7. The third-order valence-electron chi connectivity index (χ3n) is 10.1. The lowest BCUT2D eigenvalue weighted by Gasteiger charge is -2.32. The molecule has 370 valence electrons. The summed E-state index contributed by atoms with van der Waals surface area (Å²) in [6.45, 7) is 11.3. The Labute approximate surface area is 376 Å². The van der Waals surface area contributed by atoms with Crippen molar-refractivity contribution in [3.63, 3.8) is 0 Å². The van der Waals surface area contributed by atoms with Crippen LogP contribution in [0.25, 0.3) is 0 Å². The van der Waals surface area contributed by atoms with Gasteiger partial charge in [-0.1, -0.05) is 48.0 Å². The first-order valence-electron chi connectivity index (χ1n) is 21.1. The van der Waals surface area contributed by atoms with Crippen molar-refractivity contribution in [2.75, 3.05) is 13.2 Å². The van der Waals surface area contributed by atoms with Gasteiger partial charge in [0.05, 0.1) is 25.2 Å². The van der Waals surface area contributed by atoms with Gasteiger partial charge in [-0.15, -0.1) is 0 Å². The Kier molecular flexibility index (Phi) is 26.1. The monoisotopic (exact) mass is 932 g/mol. The van der Waals surface area contributed by atoms with E-state index in [-0.39, 0.29) is 31.7 Å². The molecule has 1 aliphatic heterocycles. The fraction of sp³-hybridized carbons (Fsp3) is 0.725. The maximum absolute atomic E-state index is 14.0. The maximum Gasteiger partial charge on any atom is 0.328 e. The number of likely N-dealkylation sites (tertiary alicyclic amines) is 1. The number of carbonyl (C=O) groups is 11. The van der Waals surface area contributed by atoms with E-state index in [1.165, 1.54) is 0 Å². The Morgan fingerprint density at radius 3 is 1.65 bits per heavy atom. The first-order chi connectivity index (χ1) is 30.1. The van der Waals surface area contributed by atoms with E-state index in [2.05, 4.69) is 26.6 Å². The third kappa shape index (κ3) is 21.1. The average Bonchev–Trinajstić information content (AvgIpc) is 3.70. The highest BCUT2D eigenvalue weighted by Gasteiger charge is 2.41. The number of aliphatic carboxylic acids is 4. The molecule has 1 rings (SSSR count). The molecule has 0 unspecified atom stereocenters. The van der Waals surface area contributed by atoms with Crippen LogP contribution in [-0.4, -0.2) is 168 Å². The Balaban J connectivity index is 0.00000979. The number of nitrogens with one attached hydrogen (secondary N) is 6. The van der Waals surface area contributed by atoms with Crippen LogP contribution in [0.2, 0.25) is 0 Å². The summed E-state index contributed by atoms with van der Waals surface area (Å²) in [5, 5.41) is 69.1. The van der Waals surface area contributed by atoms with Crippen LogP contribution in [0.1, 0.15) is 100 Å². The molecule has 14 N–H and O–H groups in total. The lowest BCUT2D eigenvalue weighted by Crippen LogP contribution is -2.61. The number of rotatable bonds is 26. The summed E-state index contributed by atoms with van der Waals surface area (Å²) in [7, 11) is 0. The minimum Gasteiger partial charge on any atom is -0.481 e. The summed E-state index contributed by atoms with van der Waals surface area (Å²) in [6, 6.07) is -11.6. The van der Waals surface area contributed by atoms with Crippen molar-refractivity contribution >= 4 is 65.2 Å². The normalized spacial score (nSPS) is 17.5. The summed E-state index contributed by atoms with van der Waals surface area (Å²) < 4.78 is 0. The maximum atomic E-state index is 14.0. The van der Waals surface area contributed by atoms with E-state index in [1.54, 1.807) is 41.5 Å². The van der Waals surface area contributed by atoms with Crippen molar-refractivity contribution in [3.05, 3.63) is 0 Å². The number of carbonyl (C=O) groups excluding carboxylic acids is 7. The Morgan fingerprint density at radius 2 is 1.18 bits per heavy atom. The van der Waals surface area contributed by atoms with Crippen LogP contribution < -0.4 is 37.6 Å². The van der Waals surface area contributed by atoms with Gasteiger partial charge in [0.25, 0.3) is 5.97 Å². The number of hydrogen-bond acceptors (Lipinski definition) is 14. The highest BCUT2D eigenvalue weighted by atomic mass is 16.4. The number of nitrogens with two attached hydrogens (primary N) is 1. The third-order valence-corrected chi connectivity index (χ3v) is 10.1. The van der Waals surface area contributed by atoms with Crippen LogP contribution in [-0.2, 0) is 52.7 Å². The van der Waals surface area contributed by atoms with Crippen molar-refractivity contribution in [2.45, 2.75) is 155 Å². The average molecular weight is 933 g/mol. The summed E-state index contributed by atoms with van der Waals surface area (Å²) in [5.41, 5.74) is 5.84. The van der Waals surface area contributed by atoms with Gasteiger partial charge in [-0.05, 0) is 50.4 Å². The van der Waals surface area contributed by atoms with Gasteiger partial charge in [-0.25, -0.2) is 4.79 Å². The molecule has 1 heterocycles. The second-order valence-electron chi connectivity index (χ2n) is 16.5. The zero-order valence-corrected chi connectivity index (χ0v) is 38.0. The molecule has 0 spiro atoms. The standard InChI is InChI=1S/C38H64N8O15.C2H4O2/c1-8-19(6)29(44-31(53)21(39)11-12-26(49)50)36(58)41-22(14-17(2)3)32(54)40-23(15-27(51)52)33(55)43-28(18(4)5)37(59)46-13-9-10-25(46)35(57)42-24(16-47)34(56)45-30(20(7)48)38(60)61;1-2(3)4/h17-25,28-30,47-48H,8-16,39H2,1-7H3,(H,40,54)(H,41,58)(H,42,57)(H,43,55)(H,44,53)(H,45,56)(H,49,50)(H,51,52)(H,60,61);1H3,(H,3,4)/t19-,20+,21-,22-,23-,24-,25-,28-,29-,30-;/m0./s1. The SMILES string of the molecule is CC(=O)O.CC[C@H](C)[C@H](NC(=O)[C@@H](N)CCC(=O)O)C(=O)N[C@@H](CC(C)C)C(=O)N[C@@H](CC(=O)O)C(=O)N[C@H](C(=O)N1CCC[C@H]1C(=O)N[C@@H](CO)C(=O)N[C@H](C(=O)O)[C@@H](C)O)C(C)C. The number of carboxylic acids is 4. The Bertz CT molecular complexity index is 1690. The summed E-state index contributed by atoms with van der Waals surface area (Å²) in [4.78, 5) is 138. The van der Waals surface area contributed by atoms with Gasteiger partial charge in [-0.2, -0.15) is 0 Å². The van der Waals surface area contributed by atoms with E-state index in [1.807, 2.05) is 5.32 Å². The second-order valence-corrected chi connectivity index (χ2v) is 16.5. The topological polar surface area (TPSA) is 411 Å². The van der Waals surface area contributed by atoms with Crippen LogP contribution in [0.3, 0.4) is 0 Å². The van der Waals surface area contributed by atoms with Crippen LogP contribution in [0.4, 0.5) is 0 Å². The molecule has 0 saturated carbocycles. The zero-order valence-electron chi connectivity index (χ0n) is 38.0. The summed E-state index contributed by atoms with van der Waals surface area (Å²) >= 11 is 0. The zero-order chi connectivity index (χ0) is 50.5. The van der Waals surface area contributed by atoms with Gasteiger partial charge in [0.1, 0.15) is 36.3 Å². The van der Waals surface area contributed by atoms with Crippen LogP contribution >= 0.6 is 0 Å². The Hall–Kier alpha value is -5.95. The molecule has 0 radical (unpaired) electrons. The molecule has 7 amide bonds. The molecule has 0 bridgehead atoms. The van der Waals surface area contributed by atoms with Gasteiger partial charge >= 0.3 is 17.9 Å². The molecule has 0 aromatic carbocycles. The predicted molar refractivity (Wildman–Crippen MR) is 227 cm³/mol. The van der Waals surface area contributed by atoms with E-state index in [4.69, 9.17) is 20.7 Å². The molecule has 0 aliphatic carbocycles. The largest absolute Gasteiger partial charge is 0.481 e. The Morgan fingerprint density at radius 1 is 0.677 bits per heavy atom. The highest BCUT2D eigenvalue weighted by molar-refractivity contribution is 5.98. The van der Waals surface area contributed by atoms with Gasteiger partial charge in [-0.3, -0.25) is 47.9 Å². The van der Waals surface area contributed by atoms with Crippen LogP contribution in [0, 0.1) is 17.8 Å². The lowest BCUT2D eigenvalue weighted by molar-refractivity contribution is -0.146. The molecule has 1 fully saturated rings. The fourth-order valence-corrected chi connectivity index (χ4v) is 6.35. The van der Waals surface area contributed by atoms with Gasteiger partial charge in [0.2, 0.25) is 41.4 Å². The number of carboxylic acid groups (broad SMARTS) is 4. The second kappa shape index (κ2) is 28.8. The number of nitrogens with zero attached hydrogens (tertiary/aromatic N) is 1. The molecular weight excluding hydrogens is 864 g/mol. The lowest BCUT2D eigenvalue weighted by atomic mass is 9.96. The van der Waals surface area contributed by atoms with Gasteiger partial charge < -0.3 is 73.2 Å². The molecule has 10 atom stereocenters. The molecule has 1 saturated heterocycles. The van der Waals surface area contributed by atoms with E-state index >= 15 is 0 Å². The molecule has 1 aliphatic rings. The molecule has 0 aromatic rings. The highest BCUT2D eigenvalue weighted by Crippen LogP contribution is 2.21. The fourth-order valence-electron chi connectivity index (χ4n) is 6.35. The number of aliphatic hydroxyl groups is 2. The smallest absolute Gasteiger partial charge is 0.328 e. The minimum atomic E-state index is -1.78. The van der Waals surface area contributed by atoms with Crippen molar-refractivity contribution in [3.8, 4) is 0 Å². The van der Waals surface area contributed by atoms with Crippen molar-refractivity contribution in [1.29, 1.82) is 0 Å². The summed E-state index contributed by atoms with van der Waals surface area (Å²) in [5.74, 6) is -12.8. The summed E-state index contributed by atoms with van der Waals surface area (Å²) in [6.07, 6.45) is -2.26. The van der Waals surface area contributed by atoms with Gasteiger partial charge in [0.15, 0.2) is 6.04 Å². The predicted octanol–water partition coefficient (Wildman–Crippen LogP) is -3.15. The molecule has 25 nitrogen and oxygen atoms in total. The van der Waals surface area contributed by atoms with Crippen molar-refractivity contribution < 1.29 is 83.4 Å². The van der Waals surface area contributed by atoms with E-state index in [9.17, 15) is 68.4 Å². The number of aliphatic hydroxyl groups excluding tert-OH is 2. The quantitative estimate of drug-likeness (QED) is 0.0407. The van der Waals surface area contributed by atoms with E-state index < -0.39 is 151 Å². The van der Waals surface area contributed by atoms with E-state index in [0.29, 0.717) is 12.8 Å². The first-order valence-corrected chi connectivity index (χ1v) is 21.1. The molecule has 0 aromatic heterocycles. The van der Waals surface area contributed by atoms with E-state index in [0.717, 1.165) is 18.7 Å². The van der Waals surface area contributed by atoms with Crippen LogP contribution in [0.15, 0.2) is 0 Å². The molecule has 25 heteroatoms. The number of hydrogen-bond donors (Lipinski definition) is 13.